The van der Waals surface area contributed by atoms with Crippen LogP contribution in [-0.4, -0.2) is 13.0 Å². The number of carbonyl (C=O) groups is 1. The minimum absolute atomic E-state index is 0.192. The van der Waals surface area contributed by atoms with E-state index in [9.17, 15) is 4.79 Å². The first-order valence-electron chi connectivity index (χ1n) is 7.75. The average Bonchev–Trinajstić information content (AvgIpc) is 3.01. The number of ether oxygens (including phenoxy) is 1. The minimum atomic E-state index is 0.192. The van der Waals surface area contributed by atoms with Gasteiger partial charge in [-0.15, -0.1) is 0 Å². The van der Waals surface area contributed by atoms with Crippen molar-refractivity contribution in [2.45, 2.75) is 51.0 Å². The van der Waals surface area contributed by atoms with Gasteiger partial charge in [0.1, 0.15) is 5.75 Å². The highest BCUT2D eigenvalue weighted by molar-refractivity contribution is 5.79. The Bertz CT molecular complexity index is 492. The number of nitrogens with one attached hydrogen (secondary N) is 1. The Kier molecular flexibility index (Phi) is 3.95. The lowest BCUT2D eigenvalue weighted by molar-refractivity contribution is -0.125. The summed E-state index contributed by atoms with van der Waals surface area (Å²) in [6.45, 7) is 0. The van der Waals surface area contributed by atoms with Crippen LogP contribution in [0.1, 0.15) is 55.7 Å². The lowest BCUT2D eigenvalue weighted by Gasteiger charge is -2.27. The van der Waals surface area contributed by atoms with E-state index in [0.29, 0.717) is 0 Å². The Morgan fingerprint density at radius 2 is 2.00 bits per heavy atom. The van der Waals surface area contributed by atoms with Crippen LogP contribution in [0.5, 0.6) is 5.75 Å². The first-order valence-corrected chi connectivity index (χ1v) is 7.75. The van der Waals surface area contributed by atoms with Crippen molar-refractivity contribution in [3.8, 4) is 5.75 Å². The van der Waals surface area contributed by atoms with Crippen LogP contribution in [0.2, 0.25) is 0 Å². The van der Waals surface area contributed by atoms with E-state index in [2.05, 4.69) is 17.4 Å². The van der Waals surface area contributed by atoms with Gasteiger partial charge in [-0.2, -0.15) is 0 Å². The van der Waals surface area contributed by atoms with Gasteiger partial charge in [0.05, 0.1) is 13.2 Å². The van der Waals surface area contributed by atoms with Crippen molar-refractivity contribution in [3.05, 3.63) is 29.3 Å². The second-order valence-corrected chi connectivity index (χ2v) is 6.00. The number of carbonyl (C=O) groups excluding carboxylic acids is 1. The Hall–Kier alpha value is -1.51. The molecule has 0 heterocycles. The lowest BCUT2D eigenvalue weighted by Crippen LogP contribution is -2.34. The summed E-state index contributed by atoms with van der Waals surface area (Å²) in [7, 11) is 1.70. The molecular formula is C17H23NO2. The number of aryl methyl sites for hydroxylation is 1. The summed E-state index contributed by atoms with van der Waals surface area (Å²) in [6, 6.07) is 6.42. The van der Waals surface area contributed by atoms with Crippen molar-refractivity contribution in [3.63, 3.8) is 0 Å². The van der Waals surface area contributed by atoms with E-state index >= 15 is 0 Å². The van der Waals surface area contributed by atoms with E-state index in [1.54, 1.807) is 7.11 Å². The Balaban J connectivity index is 1.74. The fourth-order valence-electron chi connectivity index (χ4n) is 3.55. The molecule has 3 rings (SSSR count). The number of hydrogen-bond donors (Lipinski definition) is 1. The number of hydrogen-bond acceptors (Lipinski definition) is 2. The zero-order valence-corrected chi connectivity index (χ0v) is 12.2. The predicted octanol–water partition coefficient (Wildman–Crippen LogP) is 3.38. The standard InChI is InChI=1S/C17H23NO2/c1-20-14-9-10-15-13(11-14)7-4-8-16(15)18-17(19)12-5-2-3-6-12/h9-12,16H,2-8H2,1H3,(H,18,19)/t16-/m1/s1. The molecule has 0 bridgehead atoms. The highest BCUT2D eigenvalue weighted by atomic mass is 16.5. The Morgan fingerprint density at radius 3 is 2.75 bits per heavy atom. The van der Waals surface area contributed by atoms with E-state index < -0.39 is 0 Å². The molecule has 108 valence electrons. The Labute approximate surface area is 120 Å². The fraction of sp³-hybridized carbons (Fsp3) is 0.588. The molecule has 1 atom stereocenters. The molecule has 1 fully saturated rings. The summed E-state index contributed by atoms with van der Waals surface area (Å²) >= 11 is 0. The average molecular weight is 273 g/mol. The van der Waals surface area contributed by atoms with E-state index in [-0.39, 0.29) is 17.9 Å². The molecule has 2 aliphatic carbocycles. The molecule has 1 N–H and O–H groups in total. The molecular weight excluding hydrogens is 250 g/mol. The van der Waals surface area contributed by atoms with Gasteiger partial charge in [0.25, 0.3) is 0 Å². The SMILES string of the molecule is COc1ccc2c(c1)CCC[C@H]2NC(=O)C1CCCC1. The normalized spacial score (nSPS) is 22.4. The third-order valence-corrected chi connectivity index (χ3v) is 4.71. The molecule has 0 spiro atoms. The van der Waals surface area contributed by atoms with Crippen molar-refractivity contribution < 1.29 is 9.53 Å². The molecule has 0 unspecified atom stereocenters. The van der Waals surface area contributed by atoms with Crippen molar-refractivity contribution in [1.82, 2.24) is 5.32 Å². The van der Waals surface area contributed by atoms with Gasteiger partial charge in [-0.3, -0.25) is 4.79 Å². The first-order chi connectivity index (χ1) is 9.78. The Morgan fingerprint density at radius 1 is 1.20 bits per heavy atom. The molecule has 1 aromatic carbocycles. The van der Waals surface area contributed by atoms with Gasteiger partial charge in [0, 0.05) is 5.92 Å². The topological polar surface area (TPSA) is 38.3 Å². The maximum absolute atomic E-state index is 12.3. The number of fused-ring (bicyclic) bond motifs is 1. The van der Waals surface area contributed by atoms with Crippen molar-refractivity contribution >= 4 is 5.91 Å². The molecule has 2 aliphatic rings. The highest BCUT2D eigenvalue weighted by Crippen LogP contribution is 2.33. The zero-order valence-electron chi connectivity index (χ0n) is 12.2. The molecule has 0 saturated heterocycles. The molecule has 1 saturated carbocycles. The van der Waals surface area contributed by atoms with Crippen LogP contribution in [0.4, 0.5) is 0 Å². The van der Waals surface area contributed by atoms with Gasteiger partial charge in [0.15, 0.2) is 0 Å². The van der Waals surface area contributed by atoms with Crippen LogP contribution in [0.3, 0.4) is 0 Å². The maximum Gasteiger partial charge on any atom is 0.223 e. The summed E-state index contributed by atoms with van der Waals surface area (Å²) in [5.41, 5.74) is 2.61. The van der Waals surface area contributed by atoms with Gasteiger partial charge >= 0.3 is 0 Å². The molecule has 1 amide bonds. The fourth-order valence-corrected chi connectivity index (χ4v) is 3.55. The highest BCUT2D eigenvalue weighted by Gasteiger charge is 2.27. The molecule has 20 heavy (non-hydrogen) atoms. The molecule has 3 nitrogen and oxygen atoms in total. The van der Waals surface area contributed by atoms with Crippen molar-refractivity contribution in [2.24, 2.45) is 5.92 Å². The number of amides is 1. The third kappa shape index (κ3) is 2.67. The predicted molar refractivity (Wildman–Crippen MR) is 78.8 cm³/mol. The van der Waals surface area contributed by atoms with E-state index in [4.69, 9.17) is 4.74 Å². The van der Waals surface area contributed by atoms with Crippen LogP contribution in [0.15, 0.2) is 18.2 Å². The summed E-state index contributed by atoms with van der Waals surface area (Å²) in [5.74, 6) is 1.42. The number of benzene rings is 1. The van der Waals surface area contributed by atoms with E-state index in [0.717, 1.165) is 37.9 Å². The molecule has 0 radical (unpaired) electrons. The second-order valence-electron chi connectivity index (χ2n) is 6.00. The van der Waals surface area contributed by atoms with Crippen molar-refractivity contribution in [2.75, 3.05) is 7.11 Å². The van der Waals surface area contributed by atoms with Gasteiger partial charge in [-0.05, 0) is 55.4 Å². The largest absolute Gasteiger partial charge is 0.497 e. The maximum atomic E-state index is 12.3. The third-order valence-electron chi connectivity index (χ3n) is 4.71. The van der Waals surface area contributed by atoms with E-state index in [1.165, 1.54) is 24.0 Å². The summed E-state index contributed by atoms with van der Waals surface area (Å²) in [6.07, 6.45) is 7.81. The van der Waals surface area contributed by atoms with E-state index in [1.807, 2.05) is 6.07 Å². The molecule has 3 heteroatoms. The monoisotopic (exact) mass is 273 g/mol. The number of rotatable bonds is 3. The zero-order chi connectivity index (χ0) is 13.9. The molecule has 0 aromatic heterocycles. The quantitative estimate of drug-likeness (QED) is 0.917. The van der Waals surface area contributed by atoms with Gasteiger partial charge < -0.3 is 10.1 Å². The van der Waals surface area contributed by atoms with Gasteiger partial charge in [0.2, 0.25) is 5.91 Å². The molecule has 0 aliphatic heterocycles. The number of methoxy groups -OCH3 is 1. The van der Waals surface area contributed by atoms with Gasteiger partial charge in [-0.1, -0.05) is 18.9 Å². The van der Waals surface area contributed by atoms with Crippen molar-refractivity contribution in [1.29, 1.82) is 0 Å². The minimum Gasteiger partial charge on any atom is -0.497 e. The first kappa shape index (κ1) is 13.5. The summed E-state index contributed by atoms with van der Waals surface area (Å²) in [4.78, 5) is 12.3. The molecule has 1 aromatic rings. The second kappa shape index (κ2) is 5.86. The van der Waals surface area contributed by atoms with Crippen LogP contribution in [0.25, 0.3) is 0 Å². The summed E-state index contributed by atoms with van der Waals surface area (Å²) < 4.78 is 5.29. The van der Waals surface area contributed by atoms with Gasteiger partial charge in [-0.25, -0.2) is 0 Å². The van der Waals surface area contributed by atoms with Crippen LogP contribution in [0, 0.1) is 5.92 Å². The van der Waals surface area contributed by atoms with Crippen LogP contribution >= 0.6 is 0 Å². The smallest absolute Gasteiger partial charge is 0.223 e. The lowest BCUT2D eigenvalue weighted by atomic mass is 9.87. The summed E-state index contributed by atoms with van der Waals surface area (Å²) in [5, 5.41) is 3.27. The van der Waals surface area contributed by atoms with Crippen LogP contribution < -0.4 is 10.1 Å². The van der Waals surface area contributed by atoms with Crippen LogP contribution in [-0.2, 0) is 11.2 Å².